The lowest BCUT2D eigenvalue weighted by molar-refractivity contribution is 0.112. The highest BCUT2D eigenvalue weighted by molar-refractivity contribution is 5.75. The topological polar surface area (TPSA) is 65.8 Å². The van der Waals surface area contributed by atoms with Gasteiger partial charge in [0.15, 0.2) is 0 Å². The molecular weight excluding hydrogens is 209 g/mol. The Balaban J connectivity index is 2.73. The molecule has 0 aliphatic heterocycles. The number of hydrogen-bond acceptors (Lipinski definition) is 2. The zero-order valence-corrected chi connectivity index (χ0v) is 8.35. The van der Waals surface area contributed by atoms with Crippen molar-refractivity contribution in [3.8, 4) is 11.8 Å². The van der Waals surface area contributed by atoms with E-state index in [2.05, 4.69) is 21.9 Å². The quantitative estimate of drug-likeness (QED) is 0.192. The van der Waals surface area contributed by atoms with E-state index in [4.69, 9.17) is 5.53 Å². The van der Waals surface area contributed by atoms with Crippen molar-refractivity contribution in [2.45, 2.75) is 6.42 Å². The van der Waals surface area contributed by atoms with Gasteiger partial charge in [-0.15, -0.1) is 0 Å². The van der Waals surface area contributed by atoms with Crippen molar-refractivity contribution in [1.29, 1.82) is 0 Å². The van der Waals surface area contributed by atoms with Crippen LogP contribution in [0.1, 0.15) is 22.3 Å². The molecule has 0 fully saturated rings. The fourth-order valence-corrected chi connectivity index (χ4v) is 1.01. The molecule has 5 heteroatoms. The third kappa shape index (κ3) is 3.45. The molecule has 0 aliphatic rings. The number of carbonyl (C=O) groups is 1. The Hall–Kier alpha value is -2.31. The van der Waals surface area contributed by atoms with Gasteiger partial charge in [-0.05, 0) is 17.7 Å². The van der Waals surface area contributed by atoms with Crippen LogP contribution in [-0.2, 0) is 0 Å². The van der Waals surface area contributed by atoms with Crippen molar-refractivity contribution in [3.05, 3.63) is 45.6 Å². The molecule has 1 rings (SSSR count). The van der Waals surface area contributed by atoms with E-state index in [1.165, 1.54) is 12.1 Å². The highest BCUT2D eigenvalue weighted by Gasteiger charge is 1.99. The molecule has 1 aromatic rings. The summed E-state index contributed by atoms with van der Waals surface area (Å²) < 4.78 is 13.3. The van der Waals surface area contributed by atoms with Crippen molar-refractivity contribution >= 4 is 6.29 Å². The predicted molar refractivity (Wildman–Crippen MR) is 57.3 cm³/mol. The van der Waals surface area contributed by atoms with Gasteiger partial charge in [0.1, 0.15) is 12.1 Å². The van der Waals surface area contributed by atoms with Gasteiger partial charge in [0.2, 0.25) is 0 Å². The van der Waals surface area contributed by atoms with Crippen molar-refractivity contribution in [1.82, 2.24) is 0 Å². The van der Waals surface area contributed by atoms with E-state index in [0.717, 1.165) is 6.07 Å². The molecular formula is C11H8FN3O. The van der Waals surface area contributed by atoms with Gasteiger partial charge in [-0.2, -0.15) is 0 Å². The van der Waals surface area contributed by atoms with Crippen LogP contribution >= 0.6 is 0 Å². The van der Waals surface area contributed by atoms with Crippen LogP contribution in [0.2, 0.25) is 0 Å². The maximum atomic E-state index is 13.3. The third-order valence-corrected chi connectivity index (χ3v) is 1.75. The first-order chi connectivity index (χ1) is 7.77. The molecule has 16 heavy (non-hydrogen) atoms. The van der Waals surface area contributed by atoms with Gasteiger partial charge in [-0.1, -0.05) is 23.0 Å². The molecule has 80 valence electrons. The number of aldehydes is 1. The minimum atomic E-state index is -0.527. The lowest BCUT2D eigenvalue weighted by Crippen LogP contribution is -1.87. The maximum Gasteiger partial charge on any atom is 0.150 e. The van der Waals surface area contributed by atoms with Crippen LogP contribution in [0.4, 0.5) is 4.39 Å². The first kappa shape index (κ1) is 11.8. The first-order valence-corrected chi connectivity index (χ1v) is 4.52. The molecule has 4 nitrogen and oxygen atoms in total. The van der Waals surface area contributed by atoms with E-state index in [-0.39, 0.29) is 17.7 Å². The van der Waals surface area contributed by atoms with Crippen LogP contribution in [0.25, 0.3) is 10.4 Å². The Morgan fingerprint density at radius 2 is 2.38 bits per heavy atom. The fraction of sp³-hybridized carbons (Fsp3) is 0.182. The van der Waals surface area contributed by atoms with Crippen LogP contribution in [0.5, 0.6) is 0 Å². The van der Waals surface area contributed by atoms with E-state index < -0.39 is 5.82 Å². The largest absolute Gasteiger partial charge is 0.298 e. The molecule has 0 heterocycles. The summed E-state index contributed by atoms with van der Waals surface area (Å²) in [4.78, 5) is 12.9. The van der Waals surface area contributed by atoms with Crippen LogP contribution in [0.3, 0.4) is 0 Å². The van der Waals surface area contributed by atoms with Gasteiger partial charge in [0, 0.05) is 23.4 Å². The van der Waals surface area contributed by atoms with Crippen LogP contribution < -0.4 is 0 Å². The third-order valence-electron chi connectivity index (χ3n) is 1.75. The average molecular weight is 217 g/mol. The molecule has 0 saturated carbocycles. The number of halogens is 1. The molecule has 0 spiro atoms. The Kier molecular flexibility index (Phi) is 4.58. The fourth-order valence-electron chi connectivity index (χ4n) is 1.01. The zero-order chi connectivity index (χ0) is 11.8. The Morgan fingerprint density at radius 1 is 1.56 bits per heavy atom. The monoisotopic (exact) mass is 217 g/mol. The molecule has 0 radical (unpaired) electrons. The minimum Gasteiger partial charge on any atom is -0.298 e. The minimum absolute atomic E-state index is 0.228. The predicted octanol–water partition coefficient (Wildman–Crippen LogP) is 2.69. The van der Waals surface area contributed by atoms with E-state index in [1.54, 1.807) is 0 Å². The van der Waals surface area contributed by atoms with E-state index in [0.29, 0.717) is 12.7 Å². The van der Waals surface area contributed by atoms with Gasteiger partial charge in [0.25, 0.3) is 0 Å². The standard InChI is InChI=1S/C11H8FN3O/c12-11-7-9(8-16)4-5-10(11)3-1-2-6-14-15-13/h4-5,7-8H,2,6H2. The molecule has 0 amide bonds. The maximum absolute atomic E-state index is 13.3. The molecule has 0 bridgehead atoms. The molecule has 0 N–H and O–H groups in total. The summed E-state index contributed by atoms with van der Waals surface area (Å²) in [7, 11) is 0. The molecule has 0 unspecified atom stereocenters. The number of hydrogen-bond donors (Lipinski definition) is 0. The van der Waals surface area contributed by atoms with Gasteiger partial charge < -0.3 is 0 Å². The van der Waals surface area contributed by atoms with Crippen molar-refractivity contribution in [3.63, 3.8) is 0 Å². The molecule has 0 aliphatic carbocycles. The second-order valence-electron chi connectivity index (χ2n) is 2.86. The van der Waals surface area contributed by atoms with Gasteiger partial charge >= 0.3 is 0 Å². The number of azide groups is 1. The summed E-state index contributed by atoms with van der Waals surface area (Å²) in [6.07, 6.45) is 0.945. The number of benzene rings is 1. The summed E-state index contributed by atoms with van der Waals surface area (Å²) in [5.41, 5.74) is 8.50. The summed E-state index contributed by atoms with van der Waals surface area (Å²) in [5.74, 6) is 4.74. The second-order valence-corrected chi connectivity index (χ2v) is 2.86. The van der Waals surface area contributed by atoms with E-state index in [1.807, 2.05) is 0 Å². The van der Waals surface area contributed by atoms with E-state index >= 15 is 0 Å². The number of nitrogens with zero attached hydrogens (tertiary/aromatic N) is 3. The van der Waals surface area contributed by atoms with Crippen LogP contribution in [0.15, 0.2) is 23.3 Å². The smallest absolute Gasteiger partial charge is 0.150 e. The summed E-state index contributed by atoms with van der Waals surface area (Å²) >= 11 is 0. The molecule has 0 aromatic heterocycles. The lowest BCUT2D eigenvalue weighted by atomic mass is 10.1. The Labute approximate surface area is 91.7 Å². The van der Waals surface area contributed by atoms with Crippen molar-refractivity contribution < 1.29 is 9.18 Å². The molecule has 1 aromatic carbocycles. The summed E-state index contributed by atoms with van der Waals surface area (Å²) in [6, 6.07) is 4.07. The van der Waals surface area contributed by atoms with Gasteiger partial charge in [-0.25, -0.2) is 4.39 Å². The molecule has 0 saturated heterocycles. The highest BCUT2D eigenvalue weighted by atomic mass is 19.1. The second kappa shape index (κ2) is 6.23. The first-order valence-electron chi connectivity index (χ1n) is 4.52. The number of rotatable bonds is 3. The van der Waals surface area contributed by atoms with Crippen molar-refractivity contribution in [2.75, 3.05) is 6.54 Å². The normalized spacial score (nSPS) is 8.56. The lowest BCUT2D eigenvalue weighted by Gasteiger charge is -1.94. The average Bonchev–Trinajstić information content (AvgIpc) is 2.30. The van der Waals surface area contributed by atoms with Crippen molar-refractivity contribution in [2.24, 2.45) is 5.11 Å². The molecule has 0 atom stereocenters. The number of carbonyl (C=O) groups excluding carboxylic acids is 1. The Morgan fingerprint density at radius 3 is 3.00 bits per heavy atom. The van der Waals surface area contributed by atoms with E-state index in [9.17, 15) is 9.18 Å². The SMILES string of the molecule is [N-]=[N+]=NCCC#Cc1ccc(C=O)cc1F. The highest BCUT2D eigenvalue weighted by Crippen LogP contribution is 2.07. The van der Waals surface area contributed by atoms with Gasteiger partial charge in [-0.3, -0.25) is 4.79 Å². The van der Waals surface area contributed by atoms with Crippen LogP contribution in [0, 0.1) is 17.7 Å². The van der Waals surface area contributed by atoms with Crippen LogP contribution in [-0.4, -0.2) is 12.8 Å². The van der Waals surface area contributed by atoms with Gasteiger partial charge in [0.05, 0.1) is 5.56 Å². The Bertz CT molecular complexity index is 496. The summed E-state index contributed by atoms with van der Waals surface area (Å²) in [6.45, 7) is 0.261. The summed E-state index contributed by atoms with van der Waals surface area (Å²) in [5, 5.41) is 3.29. The zero-order valence-electron chi connectivity index (χ0n) is 8.35.